The van der Waals surface area contributed by atoms with Gasteiger partial charge in [0, 0.05) is 22.5 Å². The normalized spacial score (nSPS) is 30.1. The van der Waals surface area contributed by atoms with E-state index in [0.29, 0.717) is 11.8 Å². The summed E-state index contributed by atoms with van der Waals surface area (Å²) >= 11 is 0. The summed E-state index contributed by atoms with van der Waals surface area (Å²) in [5.41, 5.74) is 25.7. The van der Waals surface area contributed by atoms with Crippen LogP contribution in [0.25, 0.3) is 11.0 Å². The van der Waals surface area contributed by atoms with E-state index in [0.717, 1.165) is 18.4 Å². The first-order chi connectivity index (χ1) is 34.1. The van der Waals surface area contributed by atoms with Gasteiger partial charge in [0.15, 0.2) is 0 Å². The fourth-order valence-corrected chi connectivity index (χ4v) is 17.0. The molecule has 3 aromatic rings. The molecular formula is C70H95BN2O. The maximum absolute atomic E-state index is 7.93. The highest BCUT2D eigenvalue weighted by molar-refractivity contribution is 6.93. The van der Waals surface area contributed by atoms with Gasteiger partial charge in [0.2, 0.25) is 0 Å². The molecule has 0 N–H and O–H groups in total. The molecule has 12 rings (SSSR count). The molecule has 394 valence electrons. The van der Waals surface area contributed by atoms with Crippen LogP contribution in [0.15, 0.2) is 97.7 Å². The molecule has 4 heteroatoms. The summed E-state index contributed by atoms with van der Waals surface area (Å²) in [6.45, 7) is 52.9. The largest absolute Gasteiger partial charge is 0.468 e. The molecule has 7 aliphatic carbocycles. The van der Waals surface area contributed by atoms with Gasteiger partial charge in [-0.1, -0.05) is 173 Å². The molecule has 0 spiro atoms. The molecule has 3 heterocycles. The minimum atomic E-state index is -0.0320. The van der Waals surface area contributed by atoms with Gasteiger partial charge in [0.25, 0.3) is 6.71 Å². The van der Waals surface area contributed by atoms with Gasteiger partial charge >= 0.3 is 0 Å². The van der Waals surface area contributed by atoms with Gasteiger partial charge in [-0.3, -0.25) is 0 Å². The second-order valence-corrected chi connectivity index (χ2v) is 32.6. The molecule has 1 aromatic heterocycles. The number of fused-ring (bicyclic) bond motifs is 9. The molecule has 0 radical (unpaired) electrons. The van der Waals surface area contributed by atoms with Crippen LogP contribution in [-0.2, 0) is 21.7 Å². The number of allylic oxidation sites excluding steroid dienone is 6. The number of hydrogen-bond donors (Lipinski definition) is 0. The zero-order valence-electron chi connectivity index (χ0n) is 50.4. The van der Waals surface area contributed by atoms with Gasteiger partial charge in [-0.2, -0.15) is 0 Å². The Kier molecular flexibility index (Phi) is 10.6. The summed E-state index contributed by atoms with van der Waals surface area (Å²) in [4.78, 5) is 5.89. The Morgan fingerprint density at radius 1 is 0.568 bits per heavy atom. The smallest absolute Gasteiger partial charge is 0.292 e. The van der Waals surface area contributed by atoms with Crippen LogP contribution in [-0.4, -0.2) is 18.8 Å². The zero-order chi connectivity index (χ0) is 53.4. The molecule has 0 saturated heterocycles. The van der Waals surface area contributed by atoms with Crippen LogP contribution in [0.5, 0.6) is 0 Å². The highest BCUT2D eigenvalue weighted by atomic mass is 16.3. The van der Waals surface area contributed by atoms with Crippen molar-refractivity contribution in [2.24, 2.45) is 38.9 Å². The molecule has 1 fully saturated rings. The number of benzene rings is 2. The summed E-state index contributed by atoms with van der Waals surface area (Å²) in [7, 11) is 0. The minimum absolute atomic E-state index is 0.0131. The van der Waals surface area contributed by atoms with Crippen LogP contribution in [0.3, 0.4) is 0 Å². The lowest BCUT2D eigenvalue weighted by atomic mass is 9.32. The topological polar surface area (TPSA) is 19.6 Å². The van der Waals surface area contributed by atoms with Gasteiger partial charge < -0.3 is 14.2 Å². The van der Waals surface area contributed by atoms with E-state index in [-0.39, 0.29) is 67.5 Å². The standard InChI is InChI=1S/C70H95BN2O/c1-40-30-44-48(67(14,15)26-22-63(44,6)7)36-53(40)72-55-38-50-47(66(12,13)25-28-69(50,18)19)35-52(55)71-59-56(72)32-42(62(3,4)5)33-57(59)73(54-37-49-45(31-41(54)2)64(8,9)23-27-68(49,16)17)60-43-34-46-51(39-58(43)74-61(60)71)70(20,21)29-24-65(46,10)11/h30-32,34-36,38-39,44,48,54,57H,22-29,33,37H2,1-21H3. The van der Waals surface area contributed by atoms with Crippen LogP contribution >= 0.6 is 0 Å². The third-order valence-electron chi connectivity index (χ3n) is 22.9. The molecular weight excluding hydrogens is 896 g/mol. The number of hydrogen-bond acceptors (Lipinski definition) is 3. The Bertz CT molecular complexity index is 3160. The molecule has 74 heavy (non-hydrogen) atoms. The van der Waals surface area contributed by atoms with E-state index in [1.165, 1.54) is 118 Å². The maximum Gasteiger partial charge on any atom is 0.292 e. The van der Waals surface area contributed by atoms with Crippen molar-refractivity contribution in [3.05, 3.63) is 116 Å². The van der Waals surface area contributed by atoms with Crippen LogP contribution in [0.2, 0.25) is 0 Å². The summed E-state index contributed by atoms with van der Waals surface area (Å²) in [6, 6.07) is 11.0. The van der Waals surface area contributed by atoms with Crippen LogP contribution < -0.4 is 20.9 Å². The van der Waals surface area contributed by atoms with Crippen LogP contribution in [0, 0.1) is 38.9 Å². The lowest BCUT2D eigenvalue weighted by Crippen LogP contribution is -2.64. The van der Waals surface area contributed by atoms with Crippen LogP contribution in [0.1, 0.15) is 232 Å². The van der Waals surface area contributed by atoms with Crippen LogP contribution in [0.4, 0.5) is 11.4 Å². The molecule has 4 atom stereocenters. The Balaban J connectivity index is 1.21. The SMILES string of the molecule is CC1=CC2C(C=C1N1C3=C4B(c5cc6c(cc51)C(C)(C)CCC6(C)C)c1oc5cc6c(cc5c1N(C1CC5=C(C=C1C)C(C)(C)CCC5(C)C)C4CC(C(C)(C)C)=C3)C(C)(C)CCC6(C)C)C(C)(C)CCC2(C)C. The van der Waals surface area contributed by atoms with Crippen molar-refractivity contribution < 1.29 is 4.42 Å². The van der Waals surface area contributed by atoms with Crippen molar-refractivity contribution in [3.8, 4) is 0 Å². The third-order valence-corrected chi connectivity index (χ3v) is 22.9. The summed E-state index contributed by atoms with van der Waals surface area (Å²) in [5, 5.41) is 1.33. The highest BCUT2D eigenvalue weighted by Gasteiger charge is 2.57. The fourth-order valence-electron chi connectivity index (χ4n) is 17.0. The van der Waals surface area contributed by atoms with Crippen molar-refractivity contribution >= 4 is 40.2 Å². The maximum atomic E-state index is 7.93. The van der Waals surface area contributed by atoms with Gasteiger partial charge in [0.1, 0.15) is 5.58 Å². The molecule has 0 amide bonds. The second kappa shape index (κ2) is 15.4. The Morgan fingerprint density at radius 3 is 1.69 bits per heavy atom. The summed E-state index contributed by atoms with van der Waals surface area (Å²) in [6.07, 6.45) is 22.7. The van der Waals surface area contributed by atoms with E-state index in [4.69, 9.17) is 4.42 Å². The van der Waals surface area contributed by atoms with E-state index >= 15 is 0 Å². The van der Waals surface area contributed by atoms with Crippen molar-refractivity contribution in [1.82, 2.24) is 0 Å². The lowest BCUT2D eigenvalue weighted by Gasteiger charge is -2.56. The molecule has 3 nitrogen and oxygen atoms in total. The van der Waals surface area contributed by atoms with Gasteiger partial charge in [-0.05, 0) is 207 Å². The van der Waals surface area contributed by atoms with Crippen molar-refractivity contribution in [2.45, 2.75) is 243 Å². The monoisotopic (exact) mass is 991 g/mol. The molecule has 4 unspecified atom stereocenters. The third kappa shape index (κ3) is 7.21. The number of anilines is 2. The van der Waals surface area contributed by atoms with E-state index in [2.05, 4.69) is 204 Å². The minimum Gasteiger partial charge on any atom is -0.468 e. The first-order valence-electron chi connectivity index (χ1n) is 29.7. The highest BCUT2D eigenvalue weighted by Crippen LogP contribution is 2.60. The van der Waals surface area contributed by atoms with Crippen molar-refractivity contribution in [2.75, 3.05) is 9.80 Å². The summed E-state index contributed by atoms with van der Waals surface area (Å²) < 4.78 is 7.93. The zero-order valence-corrected chi connectivity index (χ0v) is 50.4. The molecule has 2 aromatic carbocycles. The second-order valence-electron chi connectivity index (χ2n) is 32.6. The summed E-state index contributed by atoms with van der Waals surface area (Å²) in [5.74, 6) is 0.950. The Morgan fingerprint density at radius 2 is 1.09 bits per heavy atom. The molecule has 1 saturated carbocycles. The lowest BCUT2D eigenvalue weighted by molar-refractivity contribution is 0.0320. The first-order valence-corrected chi connectivity index (χ1v) is 29.7. The number of rotatable bonds is 2. The van der Waals surface area contributed by atoms with Gasteiger partial charge in [0.05, 0.1) is 23.4 Å². The van der Waals surface area contributed by atoms with E-state index in [9.17, 15) is 0 Å². The van der Waals surface area contributed by atoms with Gasteiger partial charge in [-0.15, -0.1) is 0 Å². The molecule has 0 bridgehead atoms. The molecule has 2 aliphatic heterocycles. The van der Waals surface area contributed by atoms with Crippen molar-refractivity contribution in [1.29, 1.82) is 0 Å². The van der Waals surface area contributed by atoms with Crippen molar-refractivity contribution in [3.63, 3.8) is 0 Å². The molecule has 9 aliphatic rings. The van der Waals surface area contributed by atoms with E-state index < -0.39 is 0 Å². The van der Waals surface area contributed by atoms with Gasteiger partial charge in [-0.25, -0.2) is 0 Å². The number of furan rings is 1. The van der Waals surface area contributed by atoms with E-state index in [1.54, 1.807) is 27.8 Å². The fraction of sp³-hybridized carbons (Fsp3) is 0.629. The number of nitrogens with zero attached hydrogens (tertiary/aromatic N) is 2. The predicted octanol–water partition coefficient (Wildman–Crippen LogP) is 17.7. The Hall–Kier alpha value is -3.92. The average Bonchev–Trinajstić information content (AvgIpc) is 3.68. The first kappa shape index (κ1) is 50.9. The van der Waals surface area contributed by atoms with E-state index in [1.807, 2.05) is 0 Å². The predicted molar refractivity (Wildman–Crippen MR) is 318 cm³/mol. The average molecular weight is 991 g/mol. The quantitative estimate of drug-likeness (QED) is 0.239. The Labute approximate surface area is 450 Å².